The number of fused-ring (bicyclic) bond motifs is 2. The fourth-order valence-electron chi connectivity index (χ4n) is 9.02. The predicted molar refractivity (Wildman–Crippen MR) is 252 cm³/mol. The lowest BCUT2D eigenvalue weighted by molar-refractivity contribution is -0.646. The van der Waals surface area contributed by atoms with Crippen molar-refractivity contribution in [2.24, 2.45) is 13.0 Å². The van der Waals surface area contributed by atoms with Gasteiger partial charge in [0.05, 0.1) is 56.3 Å². The second-order valence-corrected chi connectivity index (χ2v) is 26.6. The number of anilines is 2. The average molecular weight is 1210 g/mol. The molecule has 0 radical (unpaired) electrons. The molecule has 4 unspecified atom stereocenters. The molecule has 1 saturated carbocycles. The van der Waals surface area contributed by atoms with E-state index >= 15 is 0 Å². The van der Waals surface area contributed by atoms with Crippen LogP contribution in [0.4, 0.5) is 11.8 Å². The van der Waals surface area contributed by atoms with Crippen LogP contribution in [0.3, 0.4) is 0 Å². The van der Waals surface area contributed by atoms with Crippen molar-refractivity contribution in [3.05, 3.63) is 62.4 Å². The Morgan fingerprint density at radius 3 is 2.10 bits per heavy atom. The molecule has 3 aliphatic heterocycles. The number of nitrogens with zero attached hydrogens (tertiary/aromatic N) is 8. The van der Waals surface area contributed by atoms with Crippen LogP contribution in [-0.4, -0.2) is 169 Å². The maximum absolute atomic E-state index is 14.2. The maximum atomic E-state index is 14.2. The number of phosphoric acid groups is 3. The molecule has 0 amide bonds. The molecule has 430 valence electrons. The van der Waals surface area contributed by atoms with E-state index in [9.17, 15) is 76.0 Å². The molecular weight excluding hydrogens is 1160 g/mol. The van der Waals surface area contributed by atoms with Crippen LogP contribution < -0.4 is 42.5 Å². The van der Waals surface area contributed by atoms with Crippen molar-refractivity contribution in [2.45, 2.75) is 85.2 Å². The summed E-state index contributed by atoms with van der Waals surface area (Å²) in [5, 5.41) is 32.3. The van der Waals surface area contributed by atoms with Crippen molar-refractivity contribution >= 4 is 75.2 Å². The summed E-state index contributed by atoms with van der Waals surface area (Å²) in [6.45, 7) is -4.13. The second kappa shape index (κ2) is 21.7. The summed E-state index contributed by atoms with van der Waals surface area (Å²) >= 11 is 0. The lowest BCUT2D eigenvalue weighted by Gasteiger charge is -2.35. The zero-order valence-electron chi connectivity index (χ0n) is 40.0. The largest absolute Gasteiger partial charge is 0.778 e. The molecule has 5 aromatic rings. The molecule has 8 heterocycles. The van der Waals surface area contributed by atoms with Crippen LogP contribution in [0.25, 0.3) is 22.3 Å². The zero-order valence-corrected chi connectivity index (χ0v) is 44.4. The number of nitrogens with two attached hydrogens (primary N) is 2. The minimum absolute atomic E-state index is 0.00364. The van der Waals surface area contributed by atoms with Crippen molar-refractivity contribution in [3.8, 4) is 0 Å². The molecule has 4 aliphatic rings. The van der Waals surface area contributed by atoms with Gasteiger partial charge in [0, 0.05) is 31.8 Å². The molecular formula is C35H49N13O25P4S. The van der Waals surface area contributed by atoms with E-state index in [1.54, 1.807) is 0 Å². The van der Waals surface area contributed by atoms with Crippen LogP contribution >= 0.6 is 31.1 Å². The highest BCUT2D eigenvalue weighted by atomic mass is 32.2. The van der Waals surface area contributed by atoms with Gasteiger partial charge >= 0.3 is 34.7 Å². The van der Waals surface area contributed by atoms with Gasteiger partial charge in [0.15, 0.2) is 23.9 Å². The topological polar surface area (TPSA) is 547 Å². The third-order valence-corrected chi connectivity index (χ3v) is 20.8. The highest BCUT2D eigenvalue weighted by Crippen LogP contribution is 2.68. The van der Waals surface area contributed by atoms with Gasteiger partial charge in [0.25, 0.3) is 16.7 Å². The summed E-state index contributed by atoms with van der Waals surface area (Å²) in [4.78, 5) is 103. The molecule has 5 aromatic heterocycles. The highest BCUT2D eigenvalue weighted by Gasteiger charge is 2.55. The molecule has 9 rings (SSSR count). The van der Waals surface area contributed by atoms with Crippen molar-refractivity contribution in [2.75, 3.05) is 44.9 Å². The molecule has 0 aromatic carbocycles. The molecule has 43 heteroatoms. The Morgan fingerprint density at radius 1 is 0.821 bits per heavy atom. The van der Waals surface area contributed by atoms with E-state index < -0.39 is 162 Å². The van der Waals surface area contributed by atoms with E-state index in [-0.39, 0.29) is 34.1 Å². The molecule has 0 bridgehead atoms. The van der Waals surface area contributed by atoms with Crippen molar-refractivity contribution in [1.29, 1.82) is 0 Å². The van der Waals surface area contributed by atoms with Gasteiger partial charge in [-0.3, -0.25) is 37.7 Å². The summed E-state index contributed by atoms with van der Waals surface area (Å²) in [7, 11) is -25.3. The van der Waals surface area contributed by atoms with E-state index in [4.69, 9.17) is 44.0 Å². The van der Waals surface area contributed by atoms with E-state index in [2.05, 4.69) is 38.3 Å². The number of aromatic amines is 2. The van der Waals surface area contributed by atoms with E-state index in [0.29, 0.717) is 17.4 Å². The smallest absolute Gasteiger partial charge is 0.490 e. The Kier molecular flexibility index (Phi) is 16.1. The van der Waals surface area contributed by atoms with Crippen LogP contribution in [0.15, 0.2) is 45.6 Å². The van der Waals surface area contributed by atoms with E-state index in [1.807, 2.05) is 4.98 Å². The number of ether oxygens (including phenoxy) is 4. The fourth-order valence-corrected chi connectivity index (χ4v) is 15.7. The minimum atomic E-state index is -6.29. The monoisotopic (exact) mass is 1210 g/mol. The fraction of sp³-hybridized carbons (Fsp3) is 0.600. The molecule has 3 saturated heterocycles. The summed E-state index contributed by atoms with van der Waals surface area (Å²) in [5.74, 6) is -1.78. The van der Waals surface area contributed by atoms with Crippen molar-refractivity contribution in [1.82, 2.24) is 48.3 Å². The first-order valence-corrected chi connectivity index (χ1v) is 30.3. The molecule has 4 fully saturated rings. The summed E-state index contributed by atoms with van der Waals surface area (Å²) in [6, 6.07) is 0.908. The maximum Gasteiger partial charge on any atom is 0.490 e. The molecule has 38 nitrogen and oxygen atoms in total. The molecule has 1 aliphatic carbocycles. The molecule has 16 atom stereocenters. The lowest BCUT2D eigenvalue weighted by atomic mass is 9.98. The van der Waals surface area contributed by atoms with Crippen molar-refractivity contribution in [3.63, 3.8) is 0 Å². The number of aliphatic hydroxyl groups excluding tert-OH is 3. The highest BCUT2D eigenvalue weighted by molar-refractivity contribution is 7.90. The number of H-pyrrole nitrogens is 2. The number of aromatic nitrogens is 10. The summed E-state index contributed by atoms with van der Waals surface area (Å²) in [5.41, 5.74) is 6.82. The quantitative estimate of drug-likeness (QED) is 0.0228. The third-order valence-electron chi connectivity index (χ3n) is 12.8. The van der Waals surface area contributed by atoms with Crippen LogP contribution in [0.2, 0.25) is 0 Å². The van der Waals surface area contributed by atoms with Crippen LogP contribution in [0.5, 0.6) is 0 Å². The first-order chi connectivity index (χ1) is 36.5. The number of imidazole rings is 2. The number of aryl methyl sites for hydroxylation is 1. The normalized spacial score (nSPS) is 30.8. The Morgan fingerprint density at radius 2 is 1.45 bits per heavy atom. The van der Waals surface area contributed by atoms with Crippen molar-refractivity contribution < 1.29 is 107 Å². The Balaban J connectivity index is 0.893. The molecule has 78 heavy (non-hydrogen) atoms. The van der Waals surface area contributed by atoms with Gasteiger partial charge in [-0.25, -0.2) is 51.1 Å². The number of phosphoric ester groups is 2. The standard InChI is InChI=1S/C35H49N13O25P4S/c1-45-13-48(29-21(45)30(53)44-34(37)43-29)31-22(50)15(7-41-78(63,64)14-3-4-14)16(69-31)8-67-75(57,58)72-77(61,62)73-76(59,60)68-10-18-26(25(65-2)33(71-18)47-12-40-20-27(36)38-11-39-28(20)47)74(55,56)66-9-17-23(51)24(52)32(70-17)46-6-5-19(49)42-35(46)54/h5-6,11-18,22-26,31-33,41,50-52H,3-4,7-10H2,1-2H3,(H9-,36,37,38,39,42,43,44,49,53,54,55,56,57,58,59,60,61,62)/t15-,16-,17-,18-,22-,23-,24-,25-,26-,31-,32-,33-/m1/s1. The Labute approximate surface area is 435 Å². The molecule has 0 spiro atoms. The number of sulfonamides is 1. The SMILES string of the molecule is CO[C@@H]1[C@H](P(=O)([O-])OC[C@H]2O[C@@H](n3ccc(=O)[nH]c3=O)[C@H](O)[C@@H]2O)[C@@H](COP(=O)(O)OP(=O)(O)OP(=O)(O)OC[C@H]2O[C@@H](n3c[n+](C)c4c(=O)[nH]c(N)nc43)[C@H](O)[C@@H]2CNS(=O)(=O)C2CC2)O[C@H]1n1cnc2c(N)ncnc21. The van der Waals surface area contributed by atoms with Gasteiger partial charge in [0.2, 0.25) is 28.5 Å². The van der Waals surface area contributed by atoms with Crippen LogP contribution in [0.1, 0.15) is 31.5 Å². The summed E-state index contributed by atoms with van der Waals surface area (Å²) in [6.07, 6.45) is -12.1. The lowest BCUT2D eigenvalue weighted by Crippen LogP contribution is -2.40. The van der Waals surface area contributed by atoms with E-state index in [1.165, 1.54) is 22.5 Å². The first-order valence-electron chi connectivity index (χ1n) is 22.7. The number of methoxy groups -OCH3 is 1. The van der Waals surface area contributed by atoms with Gasteiger partial charge < -0.3 is 74.4 Å². The number of nitrogen functional groups attached to an aromatic ring is 2. The average Bonchev–Trinajstić information content (AvgIpc) is 3.85. The van der Waals surface area contributed by atoms with E-state index in [0.717, 1.165) is 36.6 Å². The number of hydrogen-bond acceptors (Lipinski definition) is 28. The van der Waals surface area contributed by atoms with Gasteiger partial charge in [-0.05, 0) is 12.8 Å². The van der Waals surface area contributed by atoms with Gasteiger partial charge in [-0.2, -0.15) is 18.2 Å². The van der Waals surface area contributed by atoms with Gasteiger partial charge in [-0.15, -0.1) is 0 Å². The van der Waals surface area contributed by atoms with Crippen LogP contribution in [-0.2, 0) is 76.5 Å². The third kappa shape index (κ3) is 11.9. The number of rotatable bonds is 22. The Bertz CT molecular complexity index is 3600. The minimum Gasteiger partial charge on any atom is -0.778 e. The zero-order chi connectivity index (χ0) is 56.6. The second-order valence-electron chi connectivity index (χ2n) is 18.0. The Hall–Kier alpha value is -4.63. The number of nitrogens with one attached hydrogen (secondary N) is 3. The predicted octanol–water partition coefficient (Wildman–Crippen LogP) is -5.10. The summed E-state index contributed by atoms with van der Waals surface area (Å²) < 4.78 is 133. The molecule has 13 N–H and O–H groups in total. The number of aliphatic hydroxyl groups is 3. The van der Waals surface area contributed by atoms with Gasteiger partial charge in [0.1, 0.15) is 50.0 Å². The van der Waals surface area contributed by atoms with Gasteiger partial charge in [-0.1, -0.05) is 0 Å². The number of hydrogen-bond donors (Lipinski definition) is 11. The van der Waals surface area contributed by atoms with Crippen LogP contribution in [0, 0.1) is 5.92 Å². The first kappa shape index (κ1) is 58.0.